The lowest BCUT2D eigenvalue weighted by molar-refractivity contribution is -0.166. The average molecular weight is 1080 g/mol. The molecular weight excluding hydrogens is 961 g/mol. The molecule has 0 aliphatic heterocycles. The molecule has 6 nitrogen and oxygen atoms in total. The van der Waals surface area contributed by atoms with Gasteiger partial charge in [-0.2, -0.15) is 0 Å². The van der Waals surface area contributed by atoms with E-state index < -0.39 is 12.1 Å². The molecule has 0 spiro atoms. The van der Waals surface area contributed by atoms with Gasteiger partial charge in [-0.1, -0.05) is 277 Å². The van der Waals surface area contributed by atoms with Crippen LogP contribution in [0.3, 0.4) is 0 Å². The van der Waals surface area contributed by atoms with Gasteiger partial charge in [0, 0.05) is 19.3 Å². The Morgan fingerprint density at radius 3 is 0.846 bits per heavy atom. The van der Waals surface area contributed by atoms with Gasteiger partial charge in [-0.3, -0.25) is 14.4 Å². The summed E-state index contributed by atoms with van der Waals surface area (Å²) < 4.78 is 16.9. The van der Waals surface area contributed by atoms with Crippen molar-refractivity contribution in [3.05, 3.63) is 122 Å². The van der Waals surface area contributed by atoms with Gasteiger partial charge < -0.3 is 14.2 Å². The molecule has 0 saturated heterocycles. The van der Waals surface area contributed by atoms with Crippen LogP contribution in [-0.2, 0) is 28.6 Å². The highest BCUT2D eigenvalue weighted by molar-refractivity contribution is 5.71. The summed E-state index contributed by atoms with van der Waals surface area (Å²) in [6.45, 7) is 6.46. The van der Waals surface area contributed by atoms with E-state index in [1.807, 2.05) is 6.08 Å². The third-order valence-corrected chi connectivity index (χ3v) is 13.7. The summed E-state index contributed by atoms with van der Waals surface area (Å²) in [5, 5.41) is 0. The number of carbonyl (C=O) groups excluding carboxylic acids is 3. The maximum Gasteiger partial charge on any atom is 0.306 e. The van der Waals surface area contributed by atoms with Gasteiger partial charge in [0.2, 0.25) is 0 Å². The first-order valence-electron chi connectivity index (χ1n) is 32.5. The van der Waals surface area contributed by atoms with E-state index in [4.69, 9.17) is 14.2 Å². The molecule has 0 fully saturated rings. The fraction of sp³-hybridized carbons (Fsp3) is 0.681. The number of hydrogen-bond donors (Lipinski definition) is 0. The lowest BCUT2D eigenvalue weighted by Gasteiger charge is -2.18. The van der Waals surface area contributed by atoms with Crippen molar-refractivity contribution in [3.8, 4) is 0 Å². The zero-order valence-electron chi connectivity index (χ0n) is 50.9. The van der Waals surface area contributed by atoms with Crippen molar-refractivity contribution in [2.75, 3.05) is 13.2 Å². The van der Waals surface area contributed by atoms with Crippen molar-refractivity contribution in [1.82, 2.24) is 0 Å². The Kier molecular flexibility index (Phi) is 61.8. The number of hydrogen-bond acceptors (Lipinski definition) is 6. The molecule has 0 aromatic rings. The van der Waals surface area contributed by atoms with Crippen LogP contribution >= 0.6 is 0 Å². The molecule has 0 heterocycles. The third kappa shape index (κ3) is 62.7. The molecule has 0 aromatic carbocycles. The largest absolute Gasteiger partial charge is 0.462 e. The standard InChI is InChI=1S/C72H120O6/c1-4-7-10-13-16-19-22-25-28-31-33-34-35-36-37-38-40-41-44-47-50-53-56-59-62-65-71(74)77-68-69(67-76-70(73)64-61-58-55-52-49-46-43-30-27-24-21-18-15-12-9-6-3)78-72(75)66-63-60-57-54-51-48-45-42-39-32-29-26-23-20-17-14-11-8-5-2/h8,11,17,20,22,25-26,29-31,33,35-36,39,42-43,48,51,57,60,69H,4-7,9-10,12-16,18-19,21,23-24,27-28,32,34,37-38,40-41,44-47,49-50,52-56,58-59,61-68H2,1-3H3/b11-8-,20-17-,25-22-,29-26-,33-31-,36-35-,42-39-,43-30-,51-48-,60-57-. The van der Waals surface area contributed by atoms with Gasteiger partial charge >= 0.3 is 17.9 Å². The summed E-state index contributed by atoms with van der Waals surface area (Å²) in [6.07, 6.45) is 90.7. The van der Waals surface area contributed by atoms with Crippen molar-refractivity contribution in [2.24, 2.45) is 0 Å². The van der Waals surface area contributed by atoms with Crippen molar-refractivity contribution in [1.29, 1.82) is 0 Å². The highest BCUT2D eigenvalue weighted by Crippen LogP contribution is 2.15. The quantitative estimate of drug-likeness (QED) is 0.0261. The smallest absolute Gasteiger partial charge is 0.306 e. The van der Waals surface area contributed by atoms with Crippen LogP contribution in [0.25, 0.3) is 0 Å². The fourth-order valence-electron chi connectivity index (χ4n) is 8.82. The average Bonchev–Trinajstić information content (AvgIpc) is 3.44. The van der Waals surface area contributed by atoms with Crippen molar-refractivity contribution < 1.29 is 28.6 Å². The minimum absolute atomic E-state index is 0.115. The van der Waals surface area contributed by atoms with Gasteiger partial charge in [0.15, 0.2) is 6.10 Å². The maximum atomic E-state index is 12.9. The summed E-state index contributed by atoms with van der Waals surface area (Å²) >= 11 is 0. The summed E-state index contributed by atoms with van der Waals surface area (Å²) in [5.41, 5.74) is 0. The summed E-state index contributed by atoms with van der Waals surface area (Å²) in [7, 11) is 0. The molecule has 0 amide bonds. The van der Waals surface area contributed by atoms with Crippen LogP contribution < -0.4 is 0 Å². The van der Waals surface area contributed by atoms with Crippen LogP contribution in [0.2, 0.25) is 0 Å². The molecule has 0 bridgehead atoms. The second-order valence-corrected chi connectivity index (χ2v) is 21.3. The van der Waals surface area contributed by atoms with E-state index in [2.05, 4.69) is 136 Å². The first-order valence-corrected chi connectivity index (χ1v) is 32.5. The van der Waals surface area contributed by atoms with Crippen molar-refractivity contribution >= 4 is 17.9 Å². The summed E-state index contributed by atoms with van der Waals surface area (Å²) in [4.78, 5) is 38.3. The molecule has 0 radical (unpaired) electrons. The second-order valence-electron chi connectivity index (χ2n) is 21.3. The normalized spacial score (nSPS) is 12.9. The monoisotopic (exact) mass is 1080 g/mol. The molecule has 6 heteroatoms. The molecule has 1 atom stereocenters. The molecule has 1 unspecified atom stereocenters. The molecule has 78 heavy (non-hydrogen) atoms. The topological polar surface area (TPSA) is 78.9 Å². The summed E-state index contributed by atoms with van der Waals surface area (Å²) in [5.74, 6) is -1.01. The van der Waals surface area contributed by atoms with Crippen molar-refractivity contribution in [3.63, 3.8) is 0 Å². The van der Waals surface area contributed by atoms with E-state index in [1.165, 1.54) is 148 Å². The third-order valence-electron chi connectivity index (χ3n) is 13.7. The van der Waals surface area contributed by atoms with Crippen LogP contribution in [0, 0.1) is 0 Å². The predicted molar refractivity (Wildman–Crippen MR) is 339 cm³/mol. The molecule has 0 saturated carbocycles. The number of rotatable bonds is 58. The lowest BCUT2D eigenvalue weighted by Crippen LogP contribution is -2.30. The SMILES string of the molecule is CC/C=C\C/C=C\C/C=C\C/C=C\C/C=C\C/C=C\CCC(=O)OC(COC(=O)CCCCCCC/C=C\CCCCCCCCC)COC(=O)CCCCCCCCCCCC/C=C\C/C=C\C/C=C\CCCCCCC. The molecule has 0 aromatic heterocycles. The molecule has 0 aliphatic carbocycles. The lowest BCUT2D eigenvalue weighted by atomic mass is 10.1. The zero-order valence-corrected chi connectivity index (χ0v) is 50.9. The Morgan fingerprint density at radius 1 is 0.269 bits per heavy atom. The number of carbonyl (C=O) groups is 3. The Balaban J connectivity index is 4.47. The first kappa shape index (κ1) is 73.8. The molecule has 0 N–H and O–H groups in total. The highest BCUT2D eigenvalue weighted by atomic mass is 16.6. The highest BCUT2D eigenvalue weighted by Gasteiger charge is 2.19. The second kappa shape index (κ2) is 65.3. The summed E-state index contributed by atoms with van der Waals surface area (Å²) in [6, 6.07) is 0. The van der Waals surface area contributed by atoms with Gasteiger partial charge in [-0.15, -0.1) is 0 Å². The Hall–Kier alpha value is -4.19. The van der Waals surface area contributed by atoms with E-state index in [0.717, 1.165) is 103 Å². The number of ether oxygens (including phenoxy) is 3. The minimum atomic E-state index is -0.828. The van der Waals surface area contributed by atoms with Gasteiger partial charge in [-0.25, -0.2) is 0 Å². The van der Waals surface area contributed by atoms with Crippen LogP contribution in [0.4, 0.5) is 0 Å². The number of esters is 3. The minimum Gasteiger partial charge on any atom is -0.462 e. The number of allylic oxidation sites excluding steroid dienone is 20. The maximum absolute atomic E-state index is 12.9. The van der Waals surface area contributed by atoms with E-state index in [1.54, 1.807) is 0 Å². The zero-order chi connectivity index (χ0) is 56.4. The molecule has 444 valence electrons. The van der Waals surface area contributed by atoms with Crippen molar-refractivity contribution in [2.45, 2.75) is 303 Å². The van der Waals surface area contributed by atoms with Crippen LogP contribution in [0.5, 0.6) is 0 Å². The van der Waals surface area contributed by atoms with Gasteiger partial charge in [0.1, 0.15) is 13.2 Å². The van der Waals surface area contributed by atoms with Gasteiger partial charge in [-0.05, 0) is 122 Å². The fourth-order valence-corrected chi connectivity index (χ4v) is 8.82. The Bertz CT molecular complexity index is 1620. The van der Waals surface area contributed by atoms with E-state index in [-0.39, 0.29) is 31.6 Å². The van der Waals surface area contributed by atoms with Gasteiger partial charge in [0.05, 0.1) is 0 Å². The first-order chi connectivity index (χ1) is 38.5. The Labute approximate surface area is 482 Å². The van der Waals surface area contributed by atoms with Crippen LogP contribution in [0.15, 0.2) is 122 Å². The van der Waals surface area contributed by atoms with Crippen LogP contribution in [0.1, 0.15) is 297 Å². The van der Waals surface area contributed by atoms with Crippen LogP contribution in [-0.4, -0.2) is 37.2 Å². The van der Waals surface area contributed by atoms with Gasteiger partial charge in [0.25, 0.3) is 0 Å². The molecular formula is C72H120O6. The molecule has 0 aliphatic rings. The molecule has 0 rings (SSSR count). The number of unbranched alkanes of at least 4 members (excludes halogenated alkanes) is 27. The van der Waals surface area contributed by atoms with E-state index in [0.29, 0.717) is 19.3 Å². The van der Waals surface area contributed by atoms with E-state index in [9.17, 15) is 14.4 Å². The Morgan fingerprint density at radius 2 is 0.526 bits per heavy atom. The predicted octanol–water partition coefficient (Wildman–Crippen LogP) is 22.4. The van der Waals surface area contributed by atoms with E-state index >= 15 is 0 Å².